The number of carbonyl (C=O) groups excluding carboxylic acids is 4. The predicted octanol–water partition coefficient (Wildman–Crippen LogP) is 5.92. The van der Waals surface area contributed by atoms with Gasteiger partial charge in [0.25, 0.3) is 0 Å². The van der Waals surface area contributed by atoms with E-state index in [0.29, 0.717) is 11.6 Å². The third kappa shape index (κ3) is 14.4. The number of alkyl carbamates (subject to hydrolysis) is 1. The van der Waals surface area contributed by atoms with Crippen molar-refractivity contribution in [1.82, 2.24) is 49.8 Å². The molecular formula is C39H56N10O6. The molecule has 0 radical (unpaired) electrons. The van der Waals surface area contributed by atoms with Crippen LogP contribution in [0.3, 0.4) is 0 Å². The highest BCUT2D eigenvalue weighted by atomic mass is 16.5. The third-order valence-corrected chi connectivity index (χ3v) is 7.88. The highest BCUT2D eigenvalue weighted by Crippen LogP contribution is 2.26. The number of aromatic amines is 2. The van der Waals surface area contributed by atoms with Gasteiger partial charge in [0.1, 0.15) is 12.2 Å². The van der Waals surface area contributed by atoms with Crippen molar-refractivity contribution in [3.05, 3.63) is 61.7 Å². The molecule has 0 spiro atoms. The summed E-state index contributed by atoms with van der Waals surface area (Å²) < 4.78 is 12.0. The van der Waals surface area contributed by atoms with Crippen LogP contribution in [-0.4, -0.2) is 109 Å². The van der Waals surface area contributed by atoms with E-state index in [1.54, 1.807) is 34.8 Å². The number of hydrogen-bond acceptors (Lipinski definition) is 9. The maximum Gasteiger partial charge on any atom is 0.407 e. The van der Waals surface area contributed by atoms with Gasteiger partial charge in [-0.1, -0.05) is 64.8 Å². The summed E-state index contributed by atoms with van der Waals surface area (Å²) in [6.45, 7) is 13.4. The van der Waals surface area contributed by atoms with Crippen molar-refractivity contribution in [1.29, 1.82) is 0 Å². The number of carbonyl (C=O) groups is 4. The molecule has 16 heteroatoms. The molecule has 16 nitrogen and oxygen atoms in total. The van der Waals surface area contributed by atoms with E-state index in [-0.39, 0.29) is 30.8 Å². The first-order chi connectivity index (χ1) is 26.6. The van der Waals surface area contributed by atoms with E-state index in [1.807, 2.05) is 41.1 Å². The molecule has 4 N–H and O–H groups in total. The van der Waals surface area contributed by atoms with E-state index in [4.69, 9.17) is 4.42 Å². The number of nitrogens with one attached hydrogen (secondary N) is 4. The van der Waals surface area contributed by atoms with Gasteiger partial charge in [-0.15, -0.1) is 0 Å². The number of aromatic nitrogens is 6. The van der Waals surface area contributed by atoms with Crippen LogP contribution in [0.2, 0.25) is 0 Å². The van der Waals surface area contributed by atoms with Gasteiger partial charge in [0, 0.05) is 44.9 Å². The van der Waals surface area contributed by atoms with Crippen LogP contribution in [0.5, 0.6) is 0 Å². The first-order valence-electron chi connectivity index (χ1n) is 18.8. The summed E-state index contributed by atoms with van der Waals surface area (Å²) in [5, 5.41) is 4.85. The van der Waals surface area contributed by atoms with Crippen LogP contribution < -0.4 is 10.6 Å². The molecule has 55 heavy (non-hydrogen) atoms. The smallest absolute Gasteiger partial charge is 0.407 e. The lowest BCUT2D eigenvalue weighted by Gasteiger charge is -2.14. The molecule has 2 saturated heterocycles. The Morgan fingerprint density at radius 3 is 1.69 bits per heavy atom. The Labute approximate surface area is 322 Å². The minimum atomic E-state index is -0.562. The van der Waals surface area contributed by atoms with Crippen LogP contribution in [0.25, 0.3) is 39.8 Å². The number of benzene rings is 1. The normalized spacial score (nSPS) is 12.8. The molecule has 0 aliphatic carbocycles. The third-order valence-electron chi connectivity index (χ3n) is 7.88. The molecule has 2 aliphatic rings. The summed E-state index contributed by atoms with van der Waals surface area (Å²) in [4.78, 5) is 65.9. The van der Waals surface area contributed by atoms with Gasteiger partial charge in [0.15, 0.2) is 5.76 Å². The monoisotopic (exact) mass is 760 g/mol. The van der Waals surface area contributed by atoms with Gasteiger partial charge in [-0.3, -0.25) is 18.8 Å². The van der Waals surface area contributed by atoms with Gasteiger partial charge >= 0.3 is 11.9 Å². The number of likely N-dealkylation sites (tertiary alicyclic amines) is 2. The topological polar surface area (TPSA) is 196 Å². The van der Waals surface area contributed by atoms with E-state index in [9.17, 15) is 19.2 Å². The lowest BCUT2D eigenvalue weighted by molar-refractivity contribution is -0.131. The maximum absolute atomic E-state index is 11.3. The van der Waals surface area contributed by atoms with Crippen molar-refractivity contribution >= 4 is 29.7 Å². The van der Waals surface area contributed by atoms with E-state index in [2.05, 4.69) is 68.0 Å². The van der Waals surface area contributed by atoms with Gasteiger partial charge in [0.2, 0.25) is 17.7 Å². The molecule has 0 unspecified atom stereocenters. The van der Waals surface area contributed by atoms with Gasteiger partial charge < -0.3 is 39.6 Å². The quantitative estimate of drug-likeness (QED) is 0.156. The molecular weight excluding hydrogens is 704 g/mol. The molecule has 298 valence electrons. The fraction of sp³-hybridized carbons (Fsp3) is 0.462. The fourth-order valence-corrected chi connectivity index (χ4v) is 5.26. The number of H-pyrrole nitrogens is 2. The Kier molecular flexibility index (Phi) is 18.7. The first kappa shape index (κ1) is 43.5. The van der Waals surface area contributed by atoms with E-state index >= 15 is 0 Å². The van der Waals surface area contributed by atoms with Gasteiger partial charge in [-0.05, 0) is 31.2 Å². The number of oxazole rings is 1. The number of methoxy groups -OCH3 is 1. The number of rotatable bonds is 7. The van der Waals surface area contributed by atoms with E-state index in [1.165, 1.54) is 26.9 Å². The van der Waals surface area contributed by atoms with Crippen molar-refractivity contribution < 1.29 is 28.3 Å². The van der Waals surface area contributed by atoms with Gasteiger partial charge in [-0.25, -0.2) is 14.8 Å². The molecule has 0 bridgehead atoms. The highest BCUT2D eigenvalue weighted by Gasteiger charge is 2.19. The van der Waals surface area contributed by atoms with Crippen molar-refractivity contribution in [2.75, 3.05) is 46.4 Å². The molecule has 2 aliphatic heterocycles. The SMILES string of the molecule is CC(=O)NCC(=O)N1CCCC1.CCC.CCC.COC(=O)NCC(=O)N1CCCC1.c1ncc(-c2ccc(-c3cn4cc(-c5cnc[nH]5)oc4n3)cc2)[nH]1. The molecule has 4 aromatic heterocycles. The Morgan fingerprint density at radius 2 is 1.24 bits per heavy atom. The zero-order valence-electron chi connectivity index (χ0n) is 32.9. The molecule has 1 aromatic carbocycles. The maximum atomic E-state index is 11.3. The number of nitrogens with zero attached hydrogens (tertiary/aromatic N) is 6. The largest absolute Gasteiger partial charge is 0.453 e. The zero-order valence-corrected chi connectivity index (χ0v) is 32.9. The lowest BCUT2D eigenvalue weighted by atomic mass is 10.1. The fourth-order valence-electron chi connectivity index (χ4n) is 5.26. The summed E-state index contributed by atoms with van der Waals surface area (Å²) in [6, 6.07) is 8.15. The predicted molar refractivity (Wildman–Crippen MR) is 211 cm³/mol. The molecule has 0 saturated carbocycles. The van der Waals surface area contributed by atoms with Crippen LogP contribution in [-0.2, 0) is 19.1 Å². The van der Waals surface area contributed by atoms with Crippen LogP contribution >= 0.6 is 0 Å². The van der Waals surface area contributed by atoms with Crippen molar-refractivity contribution in [2.24, 2.45) is 0 Å². The van der Waals surface area contributed by atoms with Crippen molar-refractivity contribution in [3.8, 4) is 34.0 Å². The summed E-state index contributed by atoms with van der Waals surface area (Å²) in [5.74, 6) is 1.09. The number of imidazole rings is 3. The molecule has 6 heterocycles. The Bertz CT molecular complexity index is 1800. The molecule has 0 atom stereocenters. The summed E-state index contributed by atoms with van der Waals surface area (Å²) in [7, 11) is 1.27. The zero-order chi connectivity index (χ0) is 40.0. The molecule has 4 amide bonds. The van der Waals surface area contributed by atoms with Crippen LogP contribution in [0, 0.1) is 0 Å². The van der Waals surface area contributed by atoms with Gasteiger partial charge in [-0.2, -0.15) is 4.98 Å². The van der Waals surface area contributed by atoms with Crippen molar-refractivity contribution in [2.45, 2.75) is 73.1 Å². The summed E-state index contributed by atoms with van der Waals surface area (Å²) in [5.41, 5.74) is 4.79. The number of amides is 4. The Morgan fingerprint density at radius 1 is 0.745 bits per heavy atom. The molecule has 5 aromatic rings. The van der Waals surface area contributed by atoms with Crippen molar-refractivity contribution in [3.63, 3.8) is 0 Å². The second-order valence-corrected chi connectivity index (χ2v) is 12.8. The number of hydrogen-bond donors (Lipinski definition) is 4. The number of fused-ring (bicyclic) bond motifs is 1. The second kappa shape index (κ2) is 23.7. The summed E-state index contributed by atoms with van der Waals surface area (Å²) in [6.07, 6.45) is 16.9. The van der Waals surface area contributed by atoms with Crippen LogP contribution in [0.15, 0.2) is 66.1 Å². The van der Waals surface area contributed by atoms with Crippen LogP contribution in [0.1, 0.15) is 73.1 Å². The average Bonchev–Trinajstić information content (AvgIpc) is 4.04. The minimum absolute atomic E-state index is 0.0303. The minimum Gasteiger partial charge on any atom is -0.453 e. The van der Waals surface area contributed by atoms with Gasteiger partial charge in [0.05, 0.1) is 56.3 Å². The Balaban J connectivity index is 0.000000224. The summed E-state index contributed by atoms with van der Waals surface area (Å²) >= 11 is 0. The Hall–Kier alpha value is -5.93. The number of ether oxygens (including phenoxy) is 1. The molecule has 2 fully saturated rings. The standard InChI is InChI=1S/C17H12N6O.C8H14N2O3.C8H14N2O2.2C3H8/c1-3-12(4-2-11(1)13-5-18-9-20-13)15-7-23-8-16(24-17(23)22-15)14-6-19-10-21-14;1-13-8(12)9-6-7(11)10-4-2-3-5-10;1-7(11)9-6-8(12)10-4-2-3-5-10;2*1-3-2/h1-10H,(H,18,20)(H,19,21);2-6H2,1H3,(H,9,12);2-6H2,1H3,(H,9,11);2*3H2,1-2H3. The lowest BCUT2D eigenvalue weighted by Crippen LogP contribution is -2.38. The molecule has 7 rings (SSSR count). The van der Waals surface area contributed by atoms with E-state index in [0.717, 1.165) is 80.1 Å². The average molecular weight is 761 g/mol. The highest BCUT2D eigenvalue weighted by molar-refractivity contribution is 5.84. The second-order valence-electron chi connectivity index (χ2n) is 12.8. The first-order valence-corrected chi connectivity index (χ1v) is 18.8. The van der Waals surface area contributed by atoms with E-state index < -0.39 is 6.09 Å². The van der Waals surface area contributed by atoms with Crippen LogP contribution in [0.4, 0.5) is 4.79 Å².